The van der Waals surface area contributed by atoms with Crippen LogP contribution in [0.5, 0.6) is 5.75 Å². The number of rotatable bonds is 5. The third-order valence-electron chi connectivity index (χ3n) is 2.48. The molecular weight excluding hydrogens is 218 g/mol. The lowest BCUT2D eigenvalue weighted by Crippen LogP contribution is -2.20. The number of aryl methyl sites for hydroxylation is 1. The minimum Gasteiger partial charge on any atom is -0.493 e. The molecule has 0 aliphatic heterocycles. The van der Waals surface area contributed by atoms with Crippen LogP contribution in [0.3, 0.4) is 0 Å². The van der Waals surface area contributed by atoms with E-state index in [-0.39, 0.29) is 5.91 Å². The van der Waals surface area contributed by atoms with E-state index in [2.05, 4.69) is 5.32 Å². The Hall–Kier alpha value is -1.55. The summed E-state index contributed by atoms with van der Waals surface area (Å²) in [5.74, 6) is 0.583. The molecule has 94 valence electrons. The minimum absolute atomic E-state index is 0.0590. The predicted octanol–water partition coefficient (Wildman–Crippen LogP) is 1.56. The van der Waals surface area contributed by atoms with Crippen molar-refractivity contribution >= 4 is 5.91 Å². The van der Waals surface area contributed by atoms with Crippen molar-refractivity contribution in [3.63, 3.8) is 0 Å². The zero-order chi connectivity index (χ0) is 12.8. The molecule has 0 saturated heterocycles. The highest BCUT2D eigenvalue weighted by atomic mass is 16.5. The Kier molecular flexibility index (Phi) is 4.97. The average Bonchev–Trinajstić information content (AvgIpc) is 2.28. The number of carbonyl (C=O) groups is 1. The molecular formula is C13H19NO3. The number of hydrogen-bond donors (Lipinski definition) is 2. The van der Waals surface area contributed by atoms with Gasteiger partial charge in [-0.15, -0.1) is 0 Å². The van der Waals surface area contributed by atoms with Crippen LogP contribution >= 0.6 is 0 Å². The van der Waals surface area contributed by atoms with Crippen LogP contribution in [0.15, 0.2) is 18.2 Å². The molecule has 0 fully saturated rings. The minimum atomic E-state index is -0.578. The summed E-state index contributed by atoms with van der Waals surface area (Å²) in [6, 6.07) is 5.63. The second-order valence-corrected chi connectivity index (χ2v) is 3.99. The van der Waals surface area contributed by atoms with Gasteiger partial charge in [0.25, 0.3) is 0 Å². The summed E-state index contributed by atoms with van der Waals surface area (Å²) in [5.41, 5.74) is 1.80. The van der Waals surface area contributed by atoms with E-state index in [1.54, 1.807) is 14.0 Å². The summed E-state index contributed by atoms with van der Waals surface area (Å²) in [6.45, 7) is 3.95. The van der Waals surface area contributed by atoms with Gasteiger partial charge in [0.2, 0.25) is 5.91 Å². The quantitative estimate of drug-likeness (QED) is 0.817. The Morgan fingerprint density at radius 2 is 2.24 bits per heavy atom. The van der Waals surface area contributed by atoms with E-state index >= 15 is 0 Å². The van der Waals surface area contributed by atoms with Gasteiger partial charge in [0.15, 0.2) is 0 Å². The fourth-order valence-electron chi connectivity index (χ4n) is 1.49. The Bertz CT molecular complexity index is 388. The van der Waals surface area contributed by atoms with Gasteiger partial charge >= 0.3 is 0 Å². The van der Waals surface area contributed by atoms with E-state index < -0.39 is 6.10 Å². The van der Waals surface area contributed by atoms with Crippen LogP contribution in [-0.2, 0) is 4.79 Å². The lowest BCUT2D eigenvalue weighted by Gasteiger charge is -2.14. The first-order valence-electron chi connectivity index (χ1n) is 5.66. The maximum atomic E-state index is 11.0. The first kappa shape index (κ1) is 13.5. The van der Waals surface area contributed by atoms with Gasteiger partial charge in [0.1, 0.15) is 5.75 Å². The molecule has 1 atom stereocenters. The first-order valence-corrected chi connectivity index (χ1v) is 5.66. The Morgan fingerprint density at radius 3 is 2.82 bits per heavy atom. The number of amides is 1. The van der Waals surface area contributed by atoms with Crippen molar-refractivity contribution in [1.82, 2.24) is 5.32 Å². The van der Waals surface area contributed by atoms with Crippen molar-refractivity contribution in [2.75, 3.05) is 13.7 Å². The number of aliphatic hydroxyl groups excluding tert-OH is 1. The van der Waals surface area contributed by atoms with E-state index in [4.69, 9.17) is 4.74 Å². The Morgan fingerprint density at radius 1 is 1.53 bits per heavy atom. The van der Waals surface area contributed by atoms with Crippen LogP contribution in [0.2, 0.25) is 0 Å². The lowest BCUT2D eigenvalue weighted by molar-refractivity contribution is -0.121. The normalized spacial score (nSPS) is 12.0. The van der Waals surface area contributed by atoms with Crippen LogP contribution in [0.4, 0.5) is 0 Å². The maximum Gasteiger partial charge on any atom is 0.223 e. The molecule has 0 saturated carbocycles. The van der Waals surface area contributed by atoms with Crippen LogP contribution in [-0.4, -0.2) is 24.7 Å². The van der Waals surface area contributed by atoms with Crippen molar-refractivity contribution in [2.24, 2.45) is 0 Å². The van der Waals surface area contributed by atoms with E-state index in [9.17, 15) is 9.90 Å². The first-order chi connectivity index (χ1) is 8.04. The fourth-order valence-corrected chi connectivity index (χ4v) is 1.49. The number of hydrogen-bond acceptors (Lipinski definition) is 3. The molecule has 1 amide bonds. The lowest BCUT2D eigenvalue weighted by atomic mass is 10.1. The van der Waals surface area contributed by atoms with Crippen LogP contribution in [0.1, 0.15) is 30.6 Å². The van der Waals surface area contributed by atoms with Crippen molar-refractivity contribution in [3.8, 4) is 5.75 Å². The van der Waals surface area contributed by atoms with Crippen LogP contribution in [0.25, 0.3) is 0 Å². The molecule has 0 aliphatic rings. The summed E-state index contributed by atoms with van der Waals surface area (Å²) in [4.78, 5) is 11.0. The second-order valence-electron chi connectivity index (χ2n) is 3.99. The highest BCUT2D eigenvalue weighted by Gasteiger charge is 2.09. The number of carbonyl (C=O) groups excluding carboxylic acids is 1. The summed E-state index contributed by atoms with van der Waals surface area (Å²) in [7, 11) is 1.59. The summed E-state index contributed by atoms with van der Waals surface area (Å²) in [6.07, 6.45) is -0.269. The topological polar surface area (TPSA) is 58.6 Å². The molecule has 17 heavy (non-hydrogen) atoms. The van der Waals surface area contributed by atoms with Gasteiger partial charge in [-0.1, -0.05) is 12.1 Å². The smallest absolute Gasteiger partial charge is 0.223 e. The third-order valence-corrected chi connectivity index (χ3v) is 2.48. The third kappa shape index (κ3) is 4.07. The monoisotopic (exact) mass is 237 g/mol. The average molecular weight is 237 g/mol. The fraction of sp³-hybridized carbons (Fsp3) is 0.462. The van der Waals surface area contributed by atoms with Crippen LogP contribution in [0, 0.1) is 6.92 Å². The number of ether oxygens (including phenoxy) is 1. The molecule has 0 heterocycles. The van der Waals surface area contributed by atoms with Gasteiger partial charge in [-0.3, -0.25) is 4.79 Å². The Labute approximate surface area is 102 Å². The van der Waals surface area contributed by atoms with E-state index in [1.807, 2.05) is 25.1 Å². The largest absolute Gasteiger partial charge is 0.493 e. The van der Waals surface area contributed by atoms with Gasteiger partial charge in [-0.2, -0.15) is 0 Å². The van der Waals surface area contributed by atoms with Crippen LogP contribution < -0.4 is 10.1 Å². The number of aliphatic hydroxyl groups is 1. The molecule has 1 aromatic carbocycles. The SMILES string of the molecule is CNC(=O)CCOc1cc(C)ccc1[C@@H](C)O. The van der Waals surface area contributed by atoms with Gasteiger partial charge in [0.05, 0.1) is 19.1 Å². The van der Waals surface area contributed by atoms with Gasteiger partial charge in [-0.05, 0) is 25.5 Å². The van der Waals surface area contributed by atoms with Gasteiger partial charge in [0, 0.05) is 12.6 Å². The highest BCUT2D eigenvalue weighted by molar-refractivity contribution is 5.75. The number of benzene rings is 1. The predicted molar refractivity (Wildman–Crippen MR) is 66.0 cm³/mol. The summed E-state index contributed by atoms with van der Waals surface area (Å²) >= 11 is 0. The molecule has 2 N–H and O–H groups in total. The molecule has 1 aromatic rings. The van der Waals surface area contributed by atoms with Crippen molar-refractivity contribution in [3.05, 3.63) is 29.3 Å². The van der Waals surface area contributed by atoms with Gasteiger partial charge in [-0.25, -0.2) is 0 Å². The van der Waals surface area contributed by atoms with Crippen molar-refractivity contribution < 1.29 is 14.6 Å². The Balaban J connectivity index is 2.68. The molecule has 0 aliphatic carbocycles. The standard InChI is InChI=1S/C13H19NO3/c1-9-4-5-11(10(2)15)12(8-9)17-7-6-13(16)14-3/h4-5,8,10,15H,6-7H2,1-3H3,(H,14,16)/t10-/m1/s1. The maximum absolute atomic E-state index is 11.0. The number of nitrogens with one attached hydrogen (secondary N) is 1. The van der Waals surface area contributed by atoms with E-state index in [1.165, 1.54) is 0 Å². The zero-order valence-corrected chi connectivity index (χ0v) is 10.5. The molecule has 0 aromatic heterocycles. The molecule has 0 unspecified atom stereocenters. The molecule has 0 spiro atoms. The van der Waals surface area contributed by atoms with Crippen molar-refractivity contribution in [2.45, 2.75) is 26.4 Å². The van der Waals surface area contributed by atoms with E-state index in [0.717, 1.165) is 11.1 Å². The summed E-state index contributed by atoms with van der Waals surface area (Å²) in [5, 5.41) is 12.1. The molecule has 4 nitrogen and oxygen atoms in total. The molecule has 1 rings (SSSR count). The second kappa shape index (κ2) is 6.25. The van der Waals surface area contributed by atoms with Crippen molar-refractivity contribution in [1.29, 1.82) is 0 Å². The molecule has 0 bridgehead atoms. The molecule has 4 heteroatoms. The van der Waals surface area contributed by atoms with Gasteiger partial charge < -0.3 is 15.2 Å². The van der Waals surface area contributed by atoms with E-state index in [0.29, 0.717) is 18.8 Å². The highest BCUT2D eigenvalue weighted by Crippen LogP contribution is 2.26. The molecule has 0 radical (unpaired) electrons. The summed E-state index contributed by atoms with van der Waals surface area (Å²) < 4.78 is 5.53. The zero-order valence-electron chi connectivity index (χ0n) is 10.5.